The van der Waals surface area contributed by atoms with Crippen molar-refractivity contribution < 1.29 is 4.79 Å². The van der Waals surface area contributed by atoms with E-state index in [-0.39, 0.29) is 5.78 Å². The molecule has 0 saturated heterocycles. The number of hydrogen-bond acceptors (Lipinski definition) is 2. The number of benzene rings is 3. The van der Waals surface area contributed by atoms with Crippen molar-refractivity contribution in [1.82, 2.24) is 0 Å². The zero-order valence-corrected chi connectivity index (χ0v) is 11.8. The average Bonchev–Trinajstić information content (AvgIpc) is 2.61. The Labute approximate surface area is 121 Å². The SMILES string of the molecule is Cc1ccc2cccc3c2c1Sc1ccccc1C3=O. The van der Waals surface area contributed by atoms with E-state index >= 15 is 0 Å². The third-order valence-corrected chi connectivity index (χ3v) is 5.09. The van der Waals surface area contributed by atoms with E-state index < -0.39 is 0 Å². The van der Waals surface area contributed by atoms with Crippen LogP contribution in [-0.2, 0) is 0 Å². The van der Waals surface area contributed by atoms with Crippen LogP contribution in [0.5, 0.6) is 0 Å². The maximum atomic E-state index is 12.8. The molecule has 1 heterocycles. The van der Waals surface area contributed by atoms with Crippen molar-refractivity contribution in [3.63, 3.8) is 0 Å². The highest BCUT2D eigenvalue weighted by Crippen LogP contribution is 2.42. The fourth-order valence-corrected chi connectivity index (χ4v) is 3.97. The van der Waals surface area contributed by atoms with Gasteiger partial charge in [0.15, 0.2) is 5.78 Å². The predicted octanol–water partition coefficient (Wildman–Crippen LogP) is 4.84. The minimum absolute atomic E-state index is 0.128. The van der Waals surface area contributed by atoms with E-state index in [4.69, 9.17) is 0 Å². The Hall–Kier alpha value is -2.06. The van der Waals surface area contributed by atoms with Crippen molar-refractivity contribution >= 4 is 28.3 Å². The van der Waals surface area contributed by atoms with Gasteiger partial charge in [-0.25, -0.2) is 0 Å². The van der Waals surface area contributed by atoms with Crippen LogP contribution in [0, 0.1) is 6.92 Å². The molecule has 1 aliphatic heterocycles. The molecule has 3 aromatic rings. The average molecular weight is 276 g/mol. The molecule has 0 saturated carbocycles. The molecule has 1 aliphatic rings. The summed E-state index contributed by atoms with van der Waals surface area (Å²) in [5.41, 5.74) is 2.85. The molecule has 0 atom stereocenters. The first-order valence-electron chi connectivity index (χ1n) is 6.59. The van der Waals surface area contributed by atoms with Gasteiger partial charge in [-0.05, 0) is 30.0 Å². The minimum Gasteiger partial charge on any atom is -0.289 e. The first-order valence-corrected chi connectivity index (χ1v) is 7.41. The van der Waals surface area contributed by atoms with Crippen LogP contribution in [0.1, 0.15) is 21.5 Å². The van der Waals surface area contributed by atoms with Crippen molar-refractivity contribution in [3.8, 4) is 0 Å². The summed E-state index contributed by atoms with van der Waals surface area (Å²) in [5.74, 6) is 0.128. The molecule has 0 amide bonds. The smallest absolute Gasteiger partial charge is 0.194 e. The van der Waals surface area contributed by atoms with Crippen LogP contribution in [-0.4, -0.2) is 5.78 Å². The molecule has 0 fully saturated rings. The lowest BCUT2D eigenvalue weighted by Gasteiger charge is -2.09. The molecule has 0 aliphatic carbocycles. The zero-order chi connectivity index (χ0) is 13.7. The summed E-state index contributed by atoms with van der Waals surface area (Å²) in [6.45, 7) is 2.11. The van der Waals surface area contributed by atoms with Crippen LogP contribution in [0.25, 0.3) is 10.8 Å². The number of fused-ring (bicyclic) bond motifs is 1. The Kier molecular flexibility index (Phi) is 2.48. The van der Waals surface area contributed by atoms with E-state index in [2.05, 4.69) is 25.1 Å². The topological polar surface area (TPSA) is 17.1 Å². The summed E-state index contributed by atoms with van der Waals surface area (Å²) in [7, 11) is 0. The lowest BCUT2D eigenvalue weighted by atomic mass is 9.96. The van der Waals surface area contributed by atoms with Crippen LogP contribution in [0.15, 0.2) is 64.4 Å². The molecular formula is C18H12OS. The largest absolute Gasteiger partial charge is 0.289 e. The second-order valence-electron chi connectivity index (χ2n) is 5.04. The van der Waals surface area contributed by atoms with Crippen molar-refractivity contribution in [2.75, 3.05) is 0 Å². The van der Waals surface area contributed by atoms with E-state index in [1.807, 2.05) is 36.4 Å². The Morgan fingerprint density at radius 1 is 0.850 bits per heavy atom. The second-order valence-corrected chi connectivity index (χ2v) is 6.09. The van der Waals surface area contributed by atoms with Crippen LogP contribution < -0.4 is 0 Å². The highest BCUT2D eigenvalue weighted by Gasteiger charge is 2.23. The molecule has 0 aromatic heterocycles. The van der Waals surface area contributed by atoms with E-state index in [1.54, 1.807) is 11.8 Å². The van der Waals surface area contributed by atoms with Gasteiger partial charge in [-0.15, -0.1) is 0 Å². The summed E-state index contributed by atoms with van der Waals surface area (Å²) in [4.78, 5) is 15.1. The van der Waals surface area contributed by atoms with Crippen LogP contribution >= 0.6 is 11.8 Å². The molecule has 0 spiro atoms. The van der Waals surface area contributed by atoms with Gasteiger partial charge in [-0.1, -0.05) is 54.2 Å². The first-order chi connectivity index (χ1) is 9.75. The molecule has 4 rings (SSSR count). The van der Waals surface area contributed by atoms with Gasteiger partial charge in [-0.2, -0.15) is 0 Å². The Morgan fingerprint density at radius 2 is 1.65 bits per heavy atom. The molecule has 0 N–H and O–H groups in total. The molecule has 0 radical (unpaired) electrons. The fourth-order valence-electron chi connectivity index (χ4n) is 2.77. The van der Waals surface area contributed by atoms with Gasteiger partial charge in [-0.3, -0.25) is 4.79 Å². The van der Waals surface area contributed by atoms with E-state index in [0.29, 0.717) is 0 Å². The number of hydrogen-bond donors (Lipinski definition) is 0. The highest BCUT2D eigenvalue weighted by atomic mass is 32.2. The van der Waals surface area contributed by atoms with Crippen molar-refractivity contribution in [1.29, 1.82) is 0 Å². The maximum absolute atomic E-state index is 12.8. The number of rotatable bonds is 0. The van der Waals surface area contributed by atoms with Gasteiger partial charge in [0, 0.05) is 26.3 Å². The predicted molar refractivity (Wildman–Crippen MR) is 82.7 cm³/mol. The summed E-state index contributed by atoms with van der Waals surface area (Å²) in [6.07, 6.45) is 0. The minimum atomic E-state index is 0.128. The van der Waals surface area contributed by atoms with Crippen molar-refractivity contribution in [2.24, 2.45) is 0 Å². The molecule has 20 heavy (non-hydrogen) atoms. The van der Waals surface area contributed by atoms with Crippen LogP contribution in [0.2, 0.25) is 0 Å². The van der Waals surface area contributed by atoms with Gasteiger partial charge in [0.05, 0.1) is 0 Å². The van der Waals surface area contributed by atoms with Crippen LogP contribution in [0.4, 0.5) is 0 Å². The Balaban J connectivity index is 2.19. The standard InChI is InChI=1S/C18H12OS/c1-11-9-10-12-5-4-7-14-16(12)18(11)20-15-8-3-2-6-13(15)17(14)19/h2-10H,1H3. The van der Waals surface area contributed by atoms with Gasteiger partial charge < -0.3 is 0 Å². The number of carbonyl (C=O) groups is 1. The molecule has 96 valence electrons. The third-order valence-electron chi connectivity index (χ3n) is 3.78. The van der Waals surface area contributed by atoms with Crippen molar-refractivity contribution in [3.05, 3.63) is 71.3 Å². The quantitative estimate of drug-likeness (QED) is 0.457. The Morgan fingerprint density at radius 3 is 2.55 bits per heavy atom. The van der Waals surface area contributed by atoms with E-state index in [9.17, 15) is 4.79 Å². The van der Waals surface area contributed by atoms with Crippen molar-refractivity contribution in [2.45, 2.75) is 16.7 Å². The van der Waals surface area contributed by atoms with Gasteiger partial charge in [0.1, 0.15) is 0 Å². The molecule has 0 bridgehead atoms. The molecular weight excluding hydrogens is 264 g/mol. The van der Waals surface area contributed by atoms with Gasteiger partial charge in [0.25, 0.3) is 0 Å². The highest BCUT2D eigenvalue weighted by molar-refractivity contribution is 7.99. The fraction of sp³-hybridized carbons (Fsp3) is 0.0556. The molecule has 1 nitrogen and oxygen atoms in total. The summed E-state index contributed by atoms with van der Waals surface area (Å²) < 4.78 is 0. The number of aryl methyl sites for hydroxylation is 1. The molecule has 2 heteroatoms. The van der Waals surface area contributed by atoms with E-state index in [0.717, 1.165) is 26.8 Å². The summed E-state index contributed by atoms with van der Waals surface area (Å²) >= 11 is 1.71. The maximum Gasteiger partial charge on any atom is 0.194 e. The van der Waals surface area contributed by atoms with Gasteiger partial charge >= 0.3 is 0 Å². The Bertz CT molecular complexity index is 864. The monoisotopic (exact) mass is 276 g/mol. The lowest BCUT2D eigenvalue weighted by molar-refractivity contribution is 0.103. The first kappa shape index (κ1) is 11.7. The normalized spacial score (nSPS) is 13.2. The molecule has 0 unspecified atom stereocenters. The molecule has 3 aromatic carbocycles. The van der Waals surface area contributed by atoms with E-state index in [1.165, 1.54) is 10.5 Å². The summed E-state index contributed by atoms with van der Waals surface area (Å²) in [6, 6.07) is 18.1. The number of ketones is 1. The summed E-state index contributed by atoms with van der Waals surface area (Å²) in [5, 5.41) is 2.23. The van der Waals surface area contributed by atoms with Crippen LogP contribution in [0.3, 0.4) is 0 Å². The number of carbonyl (C=O) groups excluding carboxylic acids is 1. The third kappa shape index (κ3) is 1.55. The van der Waals surface area contributed by atoms with Gasteiger partial charge in [0.2, 0.25) is 0 Å². The zero-order valence-electron chi connectivity index (χ0n) is 11.0. The second kappa shape index (κ2) is 4.22. The lowest BCUT2D eigenvalue weighted by Crippen LogP contribution is -2.01.